The van der Waals surface area contributed by atoms with Crippen LogP contribution in [0.1, 0.15) is 27.9 Å². The van der Waals surface area contributed by atoms with E-state index in [-0.39, 0.29) is 6.04 Å². The molecule has 3 N–H and O–H groups in total. The molecule has 1 atom stereocenters. The van der Waals surface area contributed by atoms with E-state index in [1.165, 1.54) is 0 Å². The van der Waals surface area contributed by atoms with Crippen molar-refractivity contribution in [1.29, 1.82) is 0 Å². The summed E-state index contributed by atoms with van der Waals surface area (Å²) in [4.78, 5) is 1.02. The smallest absolute Gasteiger partial charge is 0.0853 e. The molecule has 0 bridgehead atoms. The second-order valence-corrected chi connectivity index (χ2v) is 5.30. The van der Waals surface area contributed by atoms with Gasteiger partial charge in [0.1, 0.15) is 0 Å². The van der Waals surface area contributed by atoms with Crippen molar-refractivity contribution in [1.82, 2.24) is 15.2 Å². The quantitative estimate of drug-likeness (QED) is 0.665. The number of nitrogens with one attached hydrogen (secondary N) is 1. The van der Waals surface area contributed by atoms with Crippen LogP contribution in [-0.2, 0) is 7.05 Å². The van der Waals surface area contributed by atoms with Crippen molar-refractivity contribution in [3.05, 3.63) is 38.3 Å². The van der Waals surface area contributed by atoms with Gasteiger partial charge in [-0.05, 0) is 25.3 Å². The van der Waals surface area contributed by atoms with Crippen LogP contribution in [0.2, 0.25) is 5.02 Å². The number of halogens is 1. The molecule has 2 rings (SSSR count). The van der Waals surface area contributed by atoms with E-state index in [2.05, 4.69) is 10.5 Å². The molecule has 4 nitrogen and oxygen atoms in total. The van der Waals surface area contributed by atoms with Crippen LogP contribution in [0.4, 0.5) is 0 Å². The molecule has 6 heteroatoms. The molecule has 2 aromatic heterocycles. The molecule has 2 heterocycles. The first-order valence-electron chi connectivity index (χ1n) is 5.25. The van der Waals surface area contributed by atoms with Crippen LogP contribution in [0.5, 0.6) is 0 Å². The molecule has 0 saturated heterocycles. The molecule has 0 aliphatic carbocycles. The Morgan fingerprint density at radius 3 is 2.65 bits per heavy atom. The summed E-state index contributed by atoms with van der Waals surface area (Å²) in [6, 6.07) is 1.78. The van der Waals surface area contributed by atoms with E-state index >= 15 is 0 Å². The molecular weight excluding hydrogens is 256 g/mol. The van der Waals surface area contributed by atoms with Gasteiger partial charge in [-0.15, -0.1) is 11.3 Å². The Morgan fingerprint density at radius 1 is 1.53 bits per heavy atom. The van der Waals surface area contributed by atoms with Crippen molar-refractivity contribution >= 4 is 22.9 Å². The summed E-state index contributed by atoms with van der Waals surface area (Å²) in [5.74, 6) is 5.67. The highest BCUT2D eigenvalue weighted by Gasteiger charge is 2.23. The van der Waals surface area contributed by atoms with E-state index in [9.17, 15) is 0 Å². The molecule has 0 aliphatic rings. The van der Waals surface area contributed by atoms with E-state index in [4.69, 9.17) is 17.4 Å². The molecule has 0 spiro atoms. The lowest BCUT2D eigenvalue weighted by Crippen LogP contribution is -2.29. The second-order valence-electron chi connectivity index (χ2n) is 3.94. The van der Waals surface area contributed by atoms with Gasteiger partial charge in [0.05, 0.1) is 16.8 Å². The number of thiophene rings is 1. The van der Waals surface area contributed by atoms with Crippen molar-refractivity contribution in [2.75, 3.05) is 0 Å². The van der Waals surface area contributed by atoms with E-state index in [1.54, 1.807) is 11.3 Å². The van der Waals surface area contributed by atoms with Gasteiger partial charge in [-0.2, -0.15) is 5.10 Å². The highest BCUT2D eigenvalue weighted by Crippen LogP contribution is 2.34. The van der Waals surface area contributed by atoms with Gasteiger partial charge in [0, 0.05) is 23.2 Å². The predicted molar refractivity (Wildman–Crippen MR) is 71.2 cm³/mol. The first kappa shape index (κ1) is 12.6. The molecular formula is C11H15ClN4S. The molecule has 0 fully saturated rings. The number of rotatable bonds is 3. The average Bonchev–Trinajstić information content (AvgIpc) is 2.79. The molecule has 0 aromatic carbocycles. The van der Waals surface area contributed by atoms with Crippen LogP contribution in [0.25, 0.3) is 0 Å². The predicted octanol–water partition coefficient (Wildman–Crippen LogP) is 2.30. The number of hydrazine groups is 1. The van der Waals surface area contributed by atoms with E-state index in [1.807, 2.05) is 37.0 Å². The van der Waals surface area contributed by atoms with Gasteiger partial charge in [0.15, 0.2) is 0 Å². The molecule has 0 radical (unpaired) electrons. The summed E-state index contributed by atoms with van der Waals surface area (Å²) in [5.41, 5.74) is 5.99. The van der Waals surface area contributed by atoms with Crippen LogP contribution in [0.3, 0.4) is 0 Å². The van der Waals surface area contributed by atoms with Crippen molar-refractivity contribution in [2.45, 2.75) is 19.9 Å². The Balaban J connectivity index is 2.53. The summed E-state index contributed by atoms with van der Waals surface area (Å²) in [7, 11) is 1.93. The summed E-state index contributed by atoms with van der Waals surface area (Å²) in [5, 5.41) is 7.10. The fraction of sp³-hybridized carbons (Fsp3) is 0.364. The molecule has 0 amide bonds. The Hall–Kier alpha value is -0.880. The Labute approximate surface area is 109 Å². The lowest BCUT2D eigenvalue weighted by atomic mass is 10.0. The van der Waals surface area contributed by atoms with Crippen molar-refractivity contribution in [2.24, 2.45) is 12.9 Å². The molecule has 17 heavy (non-hydrogen) atoms. The maximum atomic E-state index is 6.16. The fourth-order valence-electron chi connectivity index (χ4n) is 2.01. The van der Waals surface area contributed by atoms with Gasteiger partial charge in [0.2, 0.25) is 0 Å². The van der Waals surface area contributed by atoms with Crippen LogP contribution in [0, 0.1) is 13.8 Å². The number of nitrogens with zero attached hydrogens (tertiary/aromatic N) is 2. The lowest BCUT2D eigenvalue weighted by molar-refractivity contribution is 0.638. The Morgan fingerprint density at radius 2 is 2.24 bits per heavy atom. The van der Waals surface area contributed by atoms with E-state index in [0.29, 0.717) is 0 Å². The minimum atomic E-state index is -0.101. The van der Waals surface area contributed by atoms with E-state index < -0.39 is 0 Å². The molecule has 92 valence electrons. The molecule has 1 unspecified atom stereocenters. The standard InChI is InChI=1S/C11H15ClN4S/c1-6-9(7(2)16(3)15-6)10(14-13)11-8(12)4-5-17-11/h4-5,10,14H,13H2,1-3H3. The highest BCUT2D eigenvalue weighted by atomic mass is 35.5. The zero-order chi connectivity index (χ0) is 12.6. The van der Waals surface area contributed by atoms with Crippen molar-refractivity contribution in [3.63, 3.8) is 0 Å². The maximum Gasteiger partial charge on any atom is 0.0853 e. The molecule has 0 aliphatic heterocycles. The zero-order valence-corrected chi connectivity index (χ0v) is 11.6. The Kier molecular flexibility index (Phi) is 3.53. The third-order valence-corrected chi connectivity index (χ3v) is 4.35. The summed E-state index contributed by atoms with van der Waals surface area (Å²) < 4.78 is 1.86. The molecule has 0 saturated carbocycles. The first-order valence-corrected chi connectivity index (χ1v) is 6.51. The normalized spacial score (nSPS) is 13.0. The summed E-state index contributed by atoms with van der Waals surface area (Å²) in [6.07, 6.45) is 0. The van der Waals surface area contributed by atoms with Gasteiger partial charge in [0.25, 0.3) is 0 Å². The number of hydrogen-bond acceptors (Lipinski definition) is 4. The monoisotopic (exact) mass is 270 g/mol. The topological polar surface area (TPSA) is 55.9 Å². The zero-order valence-electron chi connectivity index (χ0n) is 9.99. The largest absolute Gasteiger partial charge is 0.272 e. The maximum absolute atomic E-state index is 6.16. The summed E-state index contributed by atoms with van der Waals surface area (Å²) in [6.45, 7) is 4.01. The summed E-state index contributed by atoms with van der Waals surface area (Å²) >= 11 is 7.75. The Bertz CT molecular complexity index is 532. The highest BCUT2D eigenvalue weighted by molar-refractivity contribution is 7.10. The van der Waals surface area contributed by atoms with Gasteiger partial charge >= 0.3 is 0 Å². The van der Waals surface area contributed by atoms with Crippen LogP contribution < -0.4 is 11.3 Å². The third kappa shape index (κ3) is 2.11. The third-order valence-electron chi connectivity index (χ3n) is 2.93. The van der Waals surface area contributed by atoms with Crippen LogP contribution >= 0.6 is 22.9 Å². The van der Waals surface area contributed by atoms with Crippen LogP contribution in [0.15, 0.2) is 11.4 Å². The van der Waals surface area contributed by atoms with Crippen molar-refractivity contribution < 1.29 is 0 Å². The SMILES string of the molecule is Cc1nn(C)c(C)c1C(NN)c1sccc1Cl. The number of aryl methyl sites for hydroxylation is 2. The van der Waals surface area contributed by atoms with Gasteiger partial charge in [-0.3, -0.25) is 10.5 Å². The van der Waals surface area contributed by atoms with Gasteiger partial charge < -0.3 is 0 Å². The van der Waals surface area contributed by atoms with Gasteiger partial charge in [-0.25, -0.2) is 5.43 Å². The molecule has 2 aromatic rings. The van der Waals surface area contributed by atoms with E-state index in [0.717, 1.165) is 26.9 Å². The van der Waals surface area contributed by atoms with Gasteiger partial charge in [-0.1, -0.05) is 11.6 Å². The van der Waals surface area contributed by atoms with Crippen molar-refractivity contribution in [3.8, 4) is 0 Å². The average molecular weight is 271 g/mol. The fourth-order valence-corrected chi connectivity index (χ4v) is 3.24. The minimum Gasteiger partial charge on any atom is -0.272 e. The lowest BCUT2D eigenvalue weighted by Gasteiger charge is -2.15. The second kappa shape index (κ2) is 4.78. The number of nitrogens with two attached hydrogens (primary N) is 1. The number of hydrogen-bond donors (Lipinski definition) is 2. The number of aromatic nitrogens is 2. The minimum absolute atomic E-state index is 0.101. The van der Waals surface area contributed by atoms with Crippen LogP contribution in [-0.4, -0.2) is 9.78 Å². The first-order chi connectivity index (χ1) is 8.06.